The standard InChI is InChI=1S/C9H14N4O2/c10-3-7(9(14)15)8-5-13(12-11-8)4-6-1-2-6/h5-7H,1-4,10H2,(H,14,15). The van der Waals surface area contributed by atoms with Gasteiger partial charge in [0.1, 0.15) is 5.92 Å². The molecule has 0 saturated heterocycles. The van der Waals surface area contributed by atoms with Gasteiger partial charge in [0.05, 0.1) is 5.69 Å². The molecule has 0 bridgehead atoms. The minimum Gasteiger partial charge on any atom is -0.481 e. The lowest BCUT2D eigenvalue weighted by Crippen LogP contribution is -2.21. The molecule has 1 fully saturated rings. The highest BCUT2D eigenvalue weighted by atomic mass is 16.4. The van der Waals surface area contributed by atoms with Crippen molar-refractivity contribution in [3.05, 3.63) is 11.9 Å². The molecule has 0 amide bonds. The summed E-state index contributed by atoms with van der Waals surface area (Å²) in [6.07, 6.45) is 4.15. The lowest BCUT2D eigenvalue weighted by Gasteiger charge is -2.03. The van der Waals surface area contributed by atoms with Crippen molar-refractivity contribution in [3.63, 3.8) is 0 Å². The predicted octanol–water partition coefficient (Wildman–Crippen LogP) is -0.185. The Morgan fingerprint density at radius 1 is 1.73 bits per heavy atom. The number of hydrogen-bond donors (Lipinski definition) is 2. The fourth-order valence-corrected chi connectivity index (χ4v) is 1.48. The molecular formula is C9H14N4O2. The number of aromatic nitrogens is 3. The summed E-state index contributed by atoms with van der Waals surface area (Å²) >= 11 is 0. The lowest BCUT2D eigenvalue weighted by molar-refractivity contribution is -0.138. The minimum absolute atomic E-state index is 0.0530. The van der Waals surface area contributed by atoms with E-state index in [0.717, 1.165) is 6.54 Å². The van der Waals surface area contributed by atoms with Crippen molar-refractivity contribution in [2.45, 2.75) is 25.3 Å². The van der Waals surface area contributed by atoms with Crippen molar-refractivity contribution in [1.82, 2.24) is 15.0 Å². The zero-order valence-electron chi connectivity index (χ0n) is 8.33. The van der Waals surface area contributed by atoms with Crippen molar-refractivity contribution in [3.8, 4) is 0 Å². The summed E-state index contributed by atoms with van der Waals surface area (Å²) in [6.45, 7) is 0.890. The predicted molar refractivity (Wildman–Crippen MR) is 52.2 cm³/mol. The van der Waals surface area contributed by atoms with Crippen molar-refractivity contribution < 1.29 is 9.90 Å². The van der Waals surface area contributed by atoms with Crippen LogP contribution >= 0.6 is 0 Å². The molecule has 6 nitrogen and oxygen atoms in total. The Morgan fingerprint density at radius 2 is 2.47 bits per heavy atom. The van der Waals surface area contributed by atoms with Gasteiger partial charge in [0.15, 0.2) is 0 Å². The molecule has 6 heteroatoms. The van der Waals surface area contributed by atoms with Crippen LogP contribution < -0.4 is 5.73 Å². The molecule has 1 aromatic heterocycles. The quantitative estimate of drug-likeness (QED) is 0.702. The number of carboxylic acids is 1. The maximum atomic E-state index is 10.8. The first-order valence-electron chi connectivity index (χ1n) is 5.03. The first kappa shape index (κ1) is 10.1. The summed E-state index contributed by atoms with van der Waals surface area (Å²) in [7, 11) is 0. The van der Waals surface area contributed by atoms with Crippen LogP contribution in [0.1, 0.15) is 24.5 Å². The first-order chi connectivity index (χ1) is 7.20. The van der Waals surface area contributed by atoms with Gasteiger partial charge in [-0.3, -0.25) is 9.48 Å². The Bertz CT molecular complexity index is 359. The maximum absolute atomic E-state index is 10.8. The van der Waals surface area contributed by atoms with Crippen LogP contribution in [-0.2, 0) is 11.3 Å². The smallest absolute Gasteiger partial charge is 0.314 e. The lowest BCUT2D eigenvalue weighted by atomic mass is 10.1. The molecule has 1 atom stereocenters. The number of nitrogens with zero attached hydrogens (tertiary/aromatic N) is 3. The van der Waals surface area contributed by atoms with Gasteiger partial charge in [-0.2, -0.15) is 0 Å². The van der Waals surface area contributed by atoms with Gasteiger partial charge >= 0.3 is 5.97 Å². The molecule has 82 valence electrons. The van der Waals surface area contributed by atoms with Gasteiger partial charge in [-0.25, -0.2) is 0 Å². The first-order valence-corrected chi connectivity index (χ1v) is 5.03. The Kier molecular flexibility index (Phi) is 2.68. The molecule has 1 heterocycles. The molecule has 3 N–H and O–H groups in total. The van der Waals surface area contributed by atoms with Gasteiger partial charge in [0, 0.05) is 19.3 Å². The van der Waals surface area contributed by atoms with Crippen LogP contribution in [-0.4, -0.2) is 32.6 Å². The second kappa shape index (κ2) is 3.98. The highest BCUT2D eigenvalue weighted by Gasteiger charge is 2.25. The topological polar surface area (TPSA) is 94.0 Å². The number of rotatable bonds is 5. The van der Waals surface area contributed by atoms with E-state index in [4.69, 9.17) is 10.8 Å². The van der Waals surface area contributed by atoms with Gasteiger partial charge in [-0.05, 0) is 18.8 Å². The van der Waals surface area contributed by atoms with Crippen LogP contribution in [0.4, 0.5) is 0 Å². The van der Waals surface area contributed by atoms with Gasteiger partial charge in [0.25, 0.3) is 0 Å². The molecule has 1 aliphatic rings. The summed E-state index contributed by atoms with van der Waals surface area (Å²) in [4.78, 5) is 10.8. The second-order valence-electron chi connectivity index (χ2n) is 3.94. The van der Waals surface area contributed by atoms with Gasteiger partial charge in [-0.15, -0.1) is 5.10 Å². The monoisotopic (exact) mass is 210 g/mol. The Hall–Kier alpha value is -1.43. The van der Waals surface area contributed by atoms with Gasteiger partial charge in [0.2, 0.25) is 0 Å². The Morgan fingerprint density at radius 3 is 3.00 bits per heavy atom. The average molecular weight is 210 g/mol. The van der Waals surface area contributed by atoms with E-state index in [-0.39, 0.29) is 6.54 Å². The molecular weight excluding hydrogens is 196 g/mol. The summed E-state index contributed by atoms with van der Waals surface area (Å²) in [5.41, 5.74) is 5.82. The number of nitrogens with two attached hydrogens (primary N) is 1. The highest BCUT2D eigenvalue weighted by molar-refractivity contribution is 5.75. The van der Waals surface area contributed by atoms with Crippen molar-refractivity contribution in [2.24, 2.45) is 11.7 Å². The van der Waals surface area contributed by atoms with Crippen LogP contribution in [0.3, 0.4) is 0 Å². The van der Waals surface area contributed by atoms with Crippen LogP contribution in [0.5, 0.6) is 0 Å². The van der Waals surface area contributed by atoms with E-state index in [1.165, 1.54) is 12.8 Å². The zero-order valence-corrected chi connectivity index (χ0v) is 8.33. The average Bonchev–Trinajstić information content (AvgIpc) is 2.86. The van der Waals surface area contributed by atoms with E-state index in [1.54, 1.807) is 10.9 Å². The molecule has 0 radical (unpaired) electrons. The van der Waals surface area contributed by atoms with E-state index in [2.05, 4.69) is 10.3 Å². The third-order valence-corrected chi connectivity index (χ3v) is 2.59. The summed E-state index contributed by atoms with van der Waals surface area (Å²) in [5, 5.41) is 16.6. The number of carboxylic acid groups (broad SMARTS) is 1. The molecule has 0 spiro atoms. The fourth-order valence-electron chi connectivity index (χ4n) is 1.48. The highest BCUT2D eigenvalue weighted by Crippen LogP contribution is 2.30. The second-order valence-corrected chi connectivity index (χ2v) is 3.94. The van der Waals surface area contributed by atoms with Crippen LogP contribution in [0.15, 0.2) is 6.20 Å². The molecule has 2 rings (SSSR count). The van der Waals surface area contributed by atoms with Crippen LogP contribution in [0, 0.1) is 5.92 Å². The largest absolute Gasteiger partial charge is 0.481 e. The fraction of sp³-hybridized carbons (Fsp3) is 0.667. The molecule has 0 aliphatic heterocycles. The maximum Gasteiger partial charge on any atom is 0.314 e. The molecule has 1 unspecified atom stereocenters. The molecule has 0 aromatic carbocycles. The van der Waals surface area contributed by atoms with Gasteiger partial charge < -0.3 is 10.8 Å². The van der Waals surface area contributed by atoms with Crippen LogP contribution in [0.25, 0.3) is 0 Å². The third-order valence-electron chi connectivity index (χ3n) is 2.59. The number of hydrogen-bond acceptors (Lipinski definition) is 4. The van der Waals surface area contributed by atoms with E-state index in [9.17, 15) is 4.79 Å². The molecule has 1 aromatic rings. The van der Waals surface area contributed by atoms with E-state index in [0.29, 0.717) is 11.6 Å². The number of aliphatic carboxylic acids is 1. The minimum atomic E-state index is -0.948. The van der Waals surface area contributed by atoms with E-state index in [1.807, 2.05) is 0 Å². The molecule has 1 aliphatic carbocycles. The van der Waals surface area contributed by atoms with E-state index < -0.39 is 11.9 Å². The van der Waals surface area contributed by atoms with Crippen molar-refractivity contribution in [2.75, 3.05) is 6.54 Å². The van der Waals surface area contributed by atoms with Crippen LogP contribution in [0.2, 0.25) is 0 Å². The zero-order chi connectivity index (χ0) is 10.8. The van der Waals surface area contributed by atoms with E-state index >= 15 is 0 Å². The SMILES string of the molecule is NCC(C(=O)O)c1cn(CC2CC2)nn1. The Balaban J connectivity index is 2.06. The summed E-state index contributed by atoms with van der Waals surface area (Å²) in [6, 6.07) is 0. The normalized spacial score (nSPS) is 17.7. The Labute approximate surface area is 87.1 Å². The third kappa shape index (κ3) is 2.33. The van der Waals surface area contributed by atoms with Crippen molar-refractivity contribution >= 4 is 5.97 Å². The molecule has 1 saturated carbocycles. The van der Waals surface area contributed by atoms with Gasteiger partial charge in [-0.1, -0.05) is 5.21 Å². The van der Waals surface area contributed by atoms with Crippen molar-refractivity contribution in [1.29, 1.82) is 0 Å². The summed E-state index contributed by atoms with van der Waals surface area (Å²) in [5.74, 6) is -0.991. The summed E-state index contributed by atoms with van der Waals surface area (Å²) < 4.78 is 1.71. The molecule has 15 heavy (non-hydrogen) atoms. The number of carbonyl (C=O) groups is 1.